The van der Waals surface area contributed by atoms with Gasteiger partial charge in [-0.2, -0.15) is 0 Å². The maximum atomic E-state index is 7.88. The minimum absolute atomic E-state index is 0.319. The van der Waals surface area contributed by atoms with Crippen molar-refractivity contribution in [2.24, 2.45) is 5.92 Å². The minimum Gasteiger partial charge on any atom is -0.396 e. The number of aliphatic hydroxyl groups excluding tert-OH is 1. The molecule has 14 heavy (non-hydrogen) atoms. The summed E-state index contributed by atoms with van der Waals surface area (Å²) in [5, 5.41) is 11.3. The normalized spacial score (nSPS) is 26.6. The van der Waals surface area contributed by atoms with Crippen LogP contribution in [0.15, 0.2) is 0 Å². The van der Waals surface area contributed by atoms with Gasteiger partial charge in [0.15, 0.2) is 0 Å². The minimum atomic E-state index is 0.319. The molecule has 1 aliphatic rings. The molecule has 0 amide bonds. The Morgan fingerprint density at radius 3 is 2.14 bits per heavy atom. The van der Waals surface area contributed by atoms with Gasteiger partial charge in [-0.25, -0.2) is 0 Å². The third-order valence-corrected chi connectivity index (χ3v) is 3.03. The van der Waals surface area contributed by atoms with Crippen molar-refractivity contribution in [1.82, 2.24) is 5.32 Å². The fourth-order valence-corrected chi connectivity index (χ4v) is 2.08. The second-order valence-corrected chi connectivity index (χ2v) is 4.07. The quantitative estimate of drug-likeness (QED) is 0.735. The van der Waals surface area contributed by atoms with Gasteiger partial charge in [0.25, 0.3) is 0 Å². The highest BCUT2D eigenvalue weighted by molar-refractivity contribution is 4.78. The van der Waals surface area contributed by atoms with E-state index < -0.39 is 0 Å². The van der Waals surface area contributed by atoms with Gasteiger partial charge in [0.2, 0.25) is 0 Å². The molecule has 0 aromatic carbocycles. The second kappa shape index (κ2) is 9.47. The Hall–Kier alpha value is -0.0800. The van der Waals surface area contributed by atoms with Crippen LogP contribution in [-0.2, 0) is 0 Å². The van der Waals surface area contributed by atoms with Gasteiger partial charge >= 0.3 is 0 Å². The molecule has 0 spiro atoms. The zero-order chi connectivity index (χ0) is 10.8. The summed E-state index contributed by atoms with van der Waals surface area (Å²) >= 11 is 0. The maximum Gasteiger partial charge on any atom is 0.0428 e. The Bertz CT molecular complexity index is 103. The maximum absolute atomic E-state index is 7.88. The van der Waals surface area contributed by atoms with E-state index in [-0.39, 0.29) is 0 Å². The smallest absolute Gasteiger partial charge is 0.0428 e. The van der Waals surface area contributed by atoms with Crippen LogP contribution in [0.1, 0.15) is 52.4 Å². The topological polar surface area (TPSA) is 32.3 Å². The van der Waals surface area contributed by atoms with E-state index >= 15 is 0 Å². The standard InChI is InChI=1S/C9H19N.C3H8O/c1-3-8-6-4-5-7-9(8)10-2;1-2-3-4/h8-10H,3-7H2,1-2H3;4H,2-3H2,1H3. The molecule has 2 unspecified atom stereocenters. The highest BCUT2D eigenvalue weighted by Gasteiger charge is 2.21. The number of rotatable bonds is 3. The third-order valence-electron chi connectivity index (χ3n) is 3.03. The largest absolute Gasteiger partial charge is 0.396 e. The number of nitrogens with one attached hydrogen (secondary N) is 1. The van der Waals surface area contributed by atoms with Gasteiger partial charge < -0.3 is 10.4 Å². The monoisotopic (exact) mass is 201 g/mol. The Morgan fingerprint density at radius 1 is 1.21 bits per heavy atom. The summed E-state index contributed by atoms with van der Waals surface area (Å²) in [6.45, 7) is 4.56. The summed E-state index contributed by atoms with van der Waals surface area (Å²) in [5.74, 6) is 0.957. The molecule has 1 fully saturated rings. The molecule has 0 saturated heterocycles. The molecule has 1 rings (SSSR count). The van der Waals surface area contributed by atoms with Crippen LogP contribution in [0.3, 0.4) is 0 Å². The fourth-order valence-electron chi connectivity index (χ4n) is 2.08. The van der Waals surface area contributed by atoms with Gasteiger partial charge in [-0.1, -0.05) is 33.1 Å². The Balaban J connectivity index is 0.000000364. The van der Waals surface area contributed by atoms with Gasteiger partial charge in [-0.3, -0.25) is 0 Å². The molecule has 0 aliphatic heterocycles. The molecular weight excluding hydrogens is 174 g/mol. The molecule has 0 aromatic rings. The van der Waals surface area contributed by atoms with Crippen LogP contribution in [0.4, 0.5) is 0 Å². The lowest BCUT2D eigenvalue weighted by Gasteiger charge is -2.30. The number of hydrogen-bond donors (Lipinski definition) is 2. The average molecular weight is 201 g/mol. The summed E-state index contributed by atoms with van der Waals surface area (Å²) < 4.78 is 0. The van der Waals surface area contributed by atoms with E-state index in [4.69, 9.17) is 5.11 Å². The zero-order valence-corrected chi connectivity index (χ0v) is 10.1. The molecule has 1 saturated carbocycles. The van der Waals surface area contributed by atoms with Crippen LogP contribution in [0, 0.1) is 5.92 Å². The Kier molecular flexibility index (Phi) is 9.42. The molecule has 2 nitrogen and oxygen atoms in total. The van der Waals surface area contributed by atoms with Crippen LogP contribution < -0.4 is 5.32 Å². The molecule has 0 heterocycles. The van der Waals surface area contributed by atoms with E-state index in [1.54, 1.807) is 0 Å². The van der Waals surface area contributed by atoms with Crippen molar-refractivity contribution < 1.29 is 5.11 Å². The molecule has 0 aromatic heterocycles. The van der Waals surface area contributed by atoms with Crippen LogP contribution in [0.2, 0.25) is 0 Å². The van der Waals surface area contributed by atoms with Crippen LogP contribution in [-0.4, -0.2) is 24.8 Å². The lowest BCUT2D eigenvalue weighted by Crippen LogP contribution is -2.35. The SMILES string of the molecule is CCC1CCCCC1NC.CCCO. The number of hydrogen-bond acceptors (Lipinski definition) is 2. The summed E-state index contributed by atoms with van der Waals surface area (Å²) in [6.07, 6.45) is 7.96. The van der Waals surface area contributed by atoms with Gasteiger partial charge in [-0.15, -0.1) is 0 Å². The van der Waals surface area contributed by atoms with Crippen molar-refractivity contribution in [3.8, 4) is 0 Å². The lowest BCUT2D eigenvalue weighted by atomic mass is 9.83. The molecular formula is C12H27NO. The van der Waals surface area contributed by atoms with E-state index in [1.165, 1.54) is 32.1 Å². The summed E-state index contributed by atoms with van der Waals surface area (Å²) in [5.41, 5.74) is 0. The summed E-state index contributed by atoms with van der Waals surface area (Å²) in [4.78, 5) is 0. The van der Waals surface area contributed by atoms with Gasteiger partial charge in [0.1, 0.15) is 0 Å². The van der Waals surface area contributed by atoms with Crippen LogP contribution >= 0.6 is 0 Å². The predicted octanol–water partition coefficient (Wildman–Crippen LogP) is 2.56. The third kappa shape index (κ3) is 5.61. The lowest BCUT2D eigenvalue weighted by molar-refractivity contribution is 0.267. The Labute approximate surface area is 89.1 Å². The highest BCUT2D eigenvalue weighted by atomic mass is 16.2. The van der Waals surface area contributed by atoms with E-state index in [1.807, 2.05) is 6.92 Å². The van der Waals surface area contributed by atoms with Crippen LogP contribution in [0.25, 0.3) is 0 Å². The average Bonchev–Trinajstić information content (AvgIpc) is 2.29. The molecule has 2 atom stereocenters. The van der Waals surface area contributed by atoms with E-state index in [0.717, 1.165) is 18.4 Å². The van der Waals surface area contributed by atoms with Gasteiger partial charge in [0.05, 0.1) is 0 Å². The van der Waals surface area contributed by atoms with Crippen molar-refractivity contribution in [2.45, 2.75) is 58.4 Å². The van der Waals surface area contributed by atoms with Crippen molar-refractivity contribution in [2.75, 3.05) is 13.7 Å². The first-order valence-electron chi connectivity index (χ1n) is 6.08. The predicted molar refractivity (Wildman–Crippen MR) is 62.5 cm³/mol. The van der Waals surface area contributed by atoms with E-state index in [0.29, 0.717) is 6.61 Å². The first kappa shape index (κ1) is 13.9. The highest BCUT2D eigenvalue weighted by Crippen LogP contribution is 2.26. The zero-order valence-electron chi connectivity index (χ0n) is 10.1. The van der Waals surface area contributed by atoms with Gasteiger partial charge in [-0.05, 0) is 32.2 Å². The van der Waals surface area contributed by atoms with Crippen molar-refractivity contribution in [3.05, 3.63) is 0 Å². The summed E-state index contributed by atoms with van der Waals surface area (Å²) in [6, 6.07) is 0.818. The molecule has 2 N–H and O–H groups in total. The molecule has 2 heteroatoms. The first-order chi connectivity index (χ1) is 6.79. The summed E-state index contributed by atoms with van der Waals surface area (Å²) in [7, 11) is 2.10. The molecule has 1 aliphatic carbocycles. The molecule has 0 radical (unpaired) electrons. The Morgan fingerprint density at radius 2 is 1.79 bits per heavy atom. The van der Waals surface area contributed by atoms with E-state index in [9.17, 15) is 0 Å². The van der Waals surface area contributed by atoms with Crippen molar-refractivity contribution in [1.29, 1.82) is 0 Å². The van der Waals surface area contributed by atoms with Crippen LogP contribution in [0.5, 0.6) is 0 Å². The second-order valence-electron chi connectivity index (χ2n) is 4.07. The van der Waals surface area contributed by atoms with Crippen molar-refractivity contribution in [3.63, 3.8) is 0 Å². The molecule has 0 bridgehead atoms. The van der Waals surface area contributed by atoms with E-state index in [2.05, 4.69) is 19.3 Å². The van der Waals surface area contributed by atoms with Crippen molar-refractivity contribution >= 4 is 0 Å². The fraction of sp³-hybridized carbons (Fsp3) is 1.00. The van der Waals surface area contributed by atoms with Gasteiger partial charge in [0, 0.05) is 12.6 Å². The first-order valence-corrected chi connectivity index (χ1v) is 6.08. The number of aliphatic hydroxyl groups is 1. The molecule has 86 valence electrons.